The first-order valence-corrected chi connectivity index (χ1v) is 11.1. The fourth-order valence-electron chi connectivity index (χ4n) is 3.34. The van der Waals surface area contributed by atoms with Crippen LogP contribution in [0, 0.1) is 0 Å². The average Bonchev–Trinajstić information content (AvgIpc) is 3.26. The Morgan fingerprint density at radius 2 is 1.93 bits per heavy atom. The van der Waals surface area contributed by atoms with Crippen molar-refractivity contribution in [2.45, 2.75) is 32.5 Å². The minimum absolute atomic E-state index is 0.185. The highest BCUT2D eigenvalue weighted by Crippen LogP contribution is 2.25. The minimum atomic E-state index is 0.185. The third kappa shape index (κ3) is 6.73. The molecule has 0 radical (unpaired) electrons. The van der Waals surface area contributed by atoms with Gasteiger partial charge in [0.15, 0.2) is 5.96 Å². The quantitative estimate of drug-likeness (QED) is 0.511. The molecule has 158 valence electrons. The Balaban J connectivity index is 1.53. The first kappa shape index (κ1) is 21.6. The predicted molar refractivity (Wildman–Crippen MR) is 120 cm³/mol. The Morgan fingerprint density at radius 1 is 1.17 bits per heavy atom. The molecule has 2 heterocycles. The van der Waals surface area contributed by atoms with Crippen molar-refractivity contribution in [2.75, 3.05) is 39.9 Å². The highest BCUT2D eigenvalue weighted by molar-refractivity contribution is 7.10. The molecule has 0 saturated carbocycles. The first-order valence-electron chi connectivity index (χ1n) is 10.2. The number of guanidine groups is 1. The van der Waals surface area contributed by atoms with Gasteiger partial charge in [-0.25, -0.2) is 0 Å². The Morgan fingerprint density at radius 3 is 2.55 bits per heavy atom. The van der Waals surface area contributed by atoms with Crippen molar-refractivity contribution < 1.29 is 9.47 Å². The molecule has 1 fully saturated rings. The maximum atomic E-state index is 5.70. The Labute approximate surface area is 177 Å². The second kappa shape index (κ2) is 11.2. The molecule has 1 saturated heterocycles. The number of hydrogen-bond donors (Lipinski definition) is 2. The molecule has 0 bridgehead atoms. The number of nitrogens with zero attached hydrogens (tertiary/aromatic N) is 2. The lowest BCUT2D eigenvalue weighted by molar-refractivity contribution is 0.0177. The van der Waals surface area contributed by atoms with Crippen LogP contribution < -0.4 is 15.4 Å². The lowest BCUT2D eigenvalue weighted by Gasteiger charge is -2.34. The fourth-order valence-corrected chi connectivity index (χ4v) is 4.20. The van der Waals surface area contributed by atoms with Crippen LogP contribution in [0.4, 0.5) is 0 Å². The largest absolute Gasteiger partial charge is 0.491 e. The van der Waals surface area contributed by atoms with E-state index >= 15 is 0 Å². The number of hydrogen-bond acceptors (Lipinski definition) is 5. The Kier molecular flexibility index (Phi) is 8.34. The number of ether oxygens (including phenoxy) is 2. The first-order chi connectivity index (χ1) is 14.2. The van der Waals surface area contributed by atoms with Gasteiger partial charge in [-0.3, -0.25) is 9.89 Å². The maximum Gasteiger partial charge on any atom is 0.191 e. The van der Waals surface area contributed by atoms with E-state index in [1.54, 1.807) is 11.3 Å². The lowest BCUT2D eigenvalue weighted by atomic mass is 10.2. The number of thiophene rings is 1. The molecule has 6 nitrogen and oxygen atoms in total. The molecule has 1 aliphatic heterocycles. The van der Waals surface area contributed by atoms with E-state index in [0.717, 1.165) is 44.6 Å². The summed E-state index contributed by atoms with van der Waals surface area (Å²) in [6.07, 6.45) is 0.185. The van der Waals surface area contributed by atoms with E-state index in [-0.39, 0.29) is 6.10 Å². The molecular formula is C22H32N4O2S. The van der Waals surface area contributed by atoms with Gasteiger partial charge in [0.25, 0.3) is 0 Å². The van der Waals surface area contributed by atoms with E-state index in [2.05, 4.69) is 50.2 Å². The normalized spacial score (nSPS) is 16.6. The standard InChI is InChI=1S/C22H32N4O2S/c1-17(2)28-19-8-6-18(7-9-19)15-24-22(23-3)25-16-20(21-5-4-14-29-21)26-10-12-27-13-11-26/h4-9,14,17,20H,10-13,15-16H2,1-3H3,(H2,23,24,25). The zero-order valence-electron chi connectivity index (χ0n) is 17.6. The molecule has 0 spiro atoms. The zero-order chi connectivity index (χ0) is 20.5. The van der Waals surface area contributed by atoms with Crippen LogP contribution in [0.2, 0.25) is 0 Å². The minimum Gasteiger partial charge on any atom is -0.491 e. The highest BCUT2D eigenvalue weighted by Gasteiger charge is 2.23. The molecule has 7 heteroatoms. The number of nitrogens with one attached hydrogen (secondary N) is 2. The van der Waals surface area contributed by atoms with Crippen molar-refractivity contribution in [1.29, 1.82) is 0 Å². The van der Waals surface area contributed by atoms with Gasteiger partial charge >= 0.3 is 0 Å². The second-order valence-electron chi connectivity index (χ2n) is 7.30. The highest BCUT2D eigenvalue weighted by atomic mass is 32.1. The van der Waals surface area contributed by atoms with Gasteiger partial charge in [-0.1, -0.05) is 18.2 Å². The van der Waals surface area contributed by atoms with Gasteiger partial charge in [0.2, 0.25) is 0 Å². The molecule has 0 amide bonds. The van der Waals surface area contributed by atoms with Crippen LogP contribution in [-0.4, -0.2) is 56.9 Å². The fraction of sp³-hybridized carbons (Fsp3) is 0.500. The van der Waals surface area contributed by atoms with Crippen LogP contribution >= 0.6 is 11.3 Å². The molecule has 29 heavy (non-hydrogen) atoms. The summed E-state index contributed by atoms with van der Waals surface area (Å²) in [4.78, 5) is 8.25. The lowest BCUT2D eigenvalue weighted by Crippen LogP contribution is -2.46. The van der Waals surface area contributed by atoms with Gasteiger partial charge < -0.3 is 20.1 Å². The molecule has 1 atom stereocenters. The van der Waals surface area contributed by atoms with E-state index < -0.39 is 0 Å². The summed E-state index contributed by atoms with van der Waals surface area (Å²) in [5, 5.41) is 9.05. The Bertz CT molecular complexity index is 741. The molecule has 1 aromatic carbocycles. The van der Waals surface area contributed by atoms with Gasteiger partial charge in [0.1, 0.15) is 5.75 Å². The van der Waals surface area contributed by atoms with Crippen molar-refractivity contribution in [1.82, 2.24) is 15.5 Å². The van der Waals surface area contributed by atoms with Crippen LogP contribution in [0.1, 0.15) is 30.3 Å². The summed E-state index contributed by atoms with van der Waals surface area (Å²) in [6.45, 7) is 9.10. The third-order valence-corrected chi connectivity index (χ3v) is 5.77. The summed E-state index contributed by atoms with van der Waals surface area (Å²) < 4.78 is 11.2. The van der Waals surface area contributed by atoms with E-state index in [1.807, 2.05) is 33.0 Å². The predicted octanol–water partition coefficient (Wildman–Crippen LogP) is 3.27. The van der Waals surface area contributed by atoms with Crippen molar-refractivity contribution in [3.63, 3.8) is 0 Å². The van der Waals surface area contributed by atoms with Gasteiger partial charge in [0, 0.05) is 38.1 Å². The van der Waals surface area contributed by atoms with Gasteiger partial charge in [-0.2, -0.15) is 0 Å². The Hall–Kier alpha value is -2.09. The SMILES string of the molecule is CN=C(NCc1ccc(OC(C)C)cc1)NCC(c1cccs1)N1CCOCC1. The second-order valence-corrected chi connectivity index (χ2v) is 8.28. The van der Waals surface area contributed by atoms with Crippen molar-refractivity contribution >= 4 is 17.3 Å². The monoisotopic (exact) mass is 416 g/mol. The third-order valence-electron chi connectivity index (χ3n) is 4.80. The van der Waals surface area contributed by atoms with Gasteiger partial charge in [0.05, 0.1) is 25.4 Å². The number of aliphatic imine (C=N–C) groups is 1. The molecule has 2 aromatic rings. The molecule has 0 aliphatic carbocycles. The van der Waals surface area contributed by atoms with Crippen molar-refractivity contribution in [3.05, 3.63) is 52.2 Å². The molecule has 1 aliphatic rings. The smallest absolute Gasteiger partial charge is 0.191 e. The molecular weight excluding hydrogens is 384 g/mol. The van der Waals surface area contributed by atoms with Gasteiger partial charge in [-0.15, -0.1) is 11.3 Å². The molecule has 2 N–H and O–H groups in total. The van der Waals surface area contributed by atoms with Crippen LogP contribution in [0.3, 0.4) is 0 Å². The number of morpholine rings is 1. The summed E-state index contributed by atoms with van der Waals surface area (Å²) in [5.41, 5.74) is 1.19. The summed E-state index contributed by atoms with van der Waals surface area (Å²) in [6, 6.07) is 12.8. The zero-order valence-corrected chi connectivity index (χ0v) is 18.4. The van der Waals surface area contributed by atoms with E-state index in [9.17, 15) is 0 Å². The van der Waals surface area contributed by atoms with Crippen molar-refractivity contribution in [3.8, 4) is 5.75 Å². The topological polar surface area (TPSA) is 58.1 Å². The number of rotatable bonds is 8. The maximum absolute atomic E-state index is 5.70. The van der Waals surface area contributed by atoms with Crippen LogP contribution in [0.25, 0.3) is 0 Å². The number of benzene rings is 1. The molecule has 1 unspecified atom stereocenters. The van der Waals surface area contributed by atoms with Crippen LogP contribution in [0.15, 0.2) is 46.8 Å². The van der Waals surface area contributed by atoms with E-state index in [1.165, 1.54) is 10.4 Å². The average molecular weight is 417 g/mol. The molecule has 3 rings (SSSR count). The summed E-state index contributed by atoms with van der Waals surface area (Å²) >= 11 is 1.80. The van der Waals surface area contributed by atoms with Crippen LogP contribution in [-0.2, 0) is 11.3 Å². The van der Waals surface area contributed by atoms with Gasteiger partial charge in [-0.05, 0) is 43.0 Å². The summed E-state index contributed by atoms with van der Waals surface area (Å²) in [5.74, 6) is 1.71. The molecule has 1 aromatic heterocycles. The van der Waals surface area contributed by atoms with Crippen molar-refractivity contribution in [2.24, 2.45) is 4.99 Å². The van der Waals surface area contributed by atoms with Crippen LogP contribution in [0.5, 0.6) is 5.75 Å². The summed E-state index contributed by atoms with van der Waals surface area (Å²) in [7, 11) is 1.81. The van der Waals surface area contributed by atoms with E-state index in [0.29, 0.717) is 12.6 Å². The van der Waals surface area contributed by atoms with E-state index in [4.69, 9.17) is 9.47 Å².